The van der Waals surface area contributed by atoms with Crippen molar-refractivity contribution < 1.29 is 9.53 Å². The summed E-state index contributed by atoms with van der Waals surface area (Å²) in [5.41, 5.74) is 1.69. The molecule has 0 saturated carbocycles. The molecule has 0 aliphatic carbocycles. The molecule has 1 N–H and O–H groups in total. The van der Waals surface area contributed by atoms with Gasteiger partial charge >= 0.3 is 0 Å². The van der Waals surface area contributed by atoms with E-state index in [2.05, 4.69) is 27.9 Å². The number of hydrogen-bond acceptors (Lipinski definition) is 4. The number of carbonyl (C=O) groups is 1. The molecule has 2 rings (SSSR count). The Kier molecular flexibility index (Phi) is 7.00. The van der Waals surface area contributed by atoms with Gasteiger partial charge in [0.2, 0.25) is 0 Å². The van der Waals surface area contributed by atoms with Crippen molar-refractivity contribution >= 4 is 34.6 Å². The molecule has 2 aromatic carbocycles. The maximum absolute atomic E-state index is 12.2. The fraction of sp³-hybridized carbons (Fsp3) is 0.105. The molecule has 0 saturated heterocycles. The third-order valence-electron chi connectivity index (χ3n) is 3.22. The molecule has 0 atom stereocenters. The van der Waals surface area contributed by atoms with Crippen molar-refractivity contribution in [2.75, 3.05) is 6.61 Å². The molecule has 1 amide bonds. The van der Waals surface area contributed by atoms with E-state index in [-0.39, 0.29) is 12.2 Å². The van der Waals surface area contributed by atoms with Crippen LogP contribution in [0.4, 0.5) is 0 Å². The Morgan fingerprint density at radius 1 is 1.20 bits per heavy atom. The maximum Gasteiger partial charge on any atom is 0.262 e. The van der Waals surface area contributed by atoms with Crippen LogP contribution in [0, 0.1) is 26.2 Å². The SMILES string of the molecule is N#CCOc1ccc(/C=C(/C#N)C(=O)NCc2ccccc2)cc1I. The molecule has 0 spiro atoms. The van der Waals surface area contributed by atoms with Crippen LogP contribution in [0.15, 0.2) is 54.1 Å². The van der Waals surface area contributed by atoms with Gasteiger partial charge in [-0.3, -0.25) is 4.79 Å². The lowest BCUT2D eigenvalue weighted by atomic mass is 10.1. The normalized spacial score (nSPS) is 10.4. The number of halogens is 1. The van der Waals surface area contributed by atoms with E-state index in [0.717, 1.165) is 9.13 Å². The maximum atomic E-state index is 12.2. The number of nitriles is 2. The van der Waals surface area contributed by atoms with Crippen molar-refractivity contribution in [3.05, 3.63) is 68.8 Å². The topological polar surface area (TPSA) is 85.9 Å². The molecule has 124 valence electrons. The van der Waals surface area contributed by atoms with Crippen molar-refractivity contribution in [1.29, 1.82) is 10.5 Å². The summed E-state index contributed by atoms with van der Waals surface area (Å²) >= 11 is 2.08. The fourth-order valence-corrected chi connectivity index (χ4v) is 2.72. The second kappa shape index (κ2) is 9.45. The highest BCUT2D eigenvalue weighted by molar-refractivity contribution is 14.1. The van der Waals surface area contributed by atoms with Crippen molar-refractivity contribution in [3.8, 4) is 17.9 Å². The number of amides is 1. The van der Waals surface area contributed by atoms with E-state index in [0.29, 0.717) is 17.9 Å². The Hall–Kier alpha value is -2.84. The first-order chi connectivity index (χ1) is 12.1. The summed E-state index contributed by atoms with van der Waals surface area (Å²) in [6.45, 7) is 0.327. The third kappa shape index (κ3) is 5.63. The van der Waals surface area contributed by atoms with Crippen LogP contribution in [0.1, 0.15) is 11.1 Å². The molecular formula is C19H14IN3O2. The monoisotopic (exact) mass is 443 g/mol. The summed E-state index contributed by atoms with van der Waals surface area (Å²) in [6.07, 6.45) is 1.52. The number of rotatable bonds is 6. The van der Waals surface area contributed by atoms with E-state index >= 15 is 0 Å². The molecule has 0 aromatic heterocycles. The average Bonchev–Trinajstić information content (AvgIpc) is 2.64. The molecule has 0 fully saturated rings. The van der Waals surface area contributed by atoms with Gasteiger partial charge in [-0.1, -0.05) is 36.4 Å². The van der Waals surface area contributed by atoms with Crippen LogP contribution in [0.25, 0.3) is 6.08 Å². The number of nitrogens with one attached hydrogen (secondary N) is 1. The zero-order chi connectivity index (χ0) is 18.1. The number of benzene rings is 2. The lowest BCUT2D eigenvalue weighted by Crippen LogP contribution is -2.23. The van der Waals surface area contributed by atoms with Gasteiger partial charge in [-0.05, 0) is 51.9 Å². The van der Waals surface area contributed by atoms with Crippen molar-refractivity contribution in [1.82, 2.24) is 5.32 Å². The van der Waals surface area contributed by atoms with Gasteiger partial charge in [-0.25, -0.2) is 0 Å². The Bertz CT molecular complexity index is 864. The first kappa shape index (κ1) is 18.5. The molecule has 0 aliphatic heterocycles. The third-order valence-corrected chi connectivity index (χ3v) is 4.06. The molecule has 25 heavy (non-hydrogen) atoms. The highest BCUT2D eigenvalue weighted by atomic mass is 127. The van der Waals surface area contributed by atoms with Gasteiger partial charge in [0.1, 0.15) is 23.5 Å². The number of carbonyl (C=O) groups excluding carboxylic acids is 1. The molecular weight excluding hydrogens is 429 g/mol. The Morgan fingerprint density at radius 3 is 2.60 bits per heavy atom. The van der Waals surface area contributed by atoms with Gasteiger partial charge in [-0.2, -0.15) is 10.5 Å². The standard InChI is InChI=1S/C19H14IN3O2/c20-17-11-15(6-7-18(17)25-9-8-21)10-16(12-22)19(24)23-13-14-4-2-1-3-5-14/h1-7,10-11H,9,13H2,(H,23,24)/b16-10-. The molecule has 0 unspecified atom stereocenters. The zero-order valence-electron chi connectivity index (χ0n) is 13.2. The predicted octanol–water partition coefficient (Wildman–Crippen LogP) is 3.42. The van der Waals surface area contributed by atoms with Gasteiger partial charge < -0.3 is 10.1 Å². The summed E-state index contributed by atoms with van der Waals surface area (Å²) in [5.74, 6) is 0.164. The summed E-state index contributed by atoms with van der Waals surface area (Å²) in [4.78, 5) is 12.2. The van der Waals surface area contributed by atoms with Crippen molar-refractivity contribution in [2.24, 2.45) is 0 Å². The summed E-state index contributed by atoms with van der Waals surface area (Å²) in [6, 6.07) is 18.5. The van der Waals surface area contributed by atoms with Crippen LogP contribution in [0.5, 0.6) is 5.75 Å². The van der Waals surface area contributed by atoms with Crippen LogP contribution in [0.3, 0.4) is 0 Å². The number of nitrogens with zero attached hydrogens (tertiary/aromatic N) is 2. The van der Waals surface area contributed by atoms with Gasteiger partial charge in [0.05, 0.1) is 3.57 Å². The Morgan fingerprint density at radius 2 is 1.96 bits per heavy atom. The predicted molar refractivity (Wildman–Crippen MR) is 102 cm³/mol. The Labute approximate surface area is 159 Å². The molecule has 2 aromatic rings. The first-order valence-electron chi connectivity index (χ1n) is 7.37. The minimum absolute atomic E-state index is 0.0254. The second-order valence-corrected chi connectivity index (χ2v) is 6.14. The van der Waals surface area contributed by atoms with Crippen LogP contribution in [-0.4, -0.2) is 12.5 Å². The van der Waals surface area contributed by atoms with Crippen molar-refractivity contribution in [2.45, 2.75) is 6.54 Å². The highest BCUT2D eigenvalue weighted by Crippen LogP contribution is 2.23. The van der Waals surface area contributed by atoms with Gasteiger partial charge in [0, 0.05) is 6.54 Å². The second-order valence-electron chi connectivity index (χ2n) is 4.97. The van der Waals surface area contributed by atoms with E-state index in [4.69, 9.17) is 10.00 Å². The van der Waals surface area contributed by atoms with Crippen LogP contribution in [0.2, 0.25) is 0 Å². The summed E-state index contributed by atoms with van der Waals surface area (Å²) in [7, 11) is 0. The molecule has 5 nitrogen and oxygen atoms in total. The van der Waals surface area contributed by atoms with E-state index in [1.807, 2.05) is 42.5 Å². The van der Waals surface area contributed by atoms with E-state index < -0.39 is 5.91 Å². The minimum Gasteiger partial charge on any atom is -0.478 e. The molecule has 0 aliphatic rings. The summed E-state index contributed by atoms with van der Waals surface area (Å²) < 4.78 is 6.07. The number of ether oxygens (including phenoxy) is 1. The highest BCUT2D eigenvalue weighted by Gasteiger charge is 2.09. The van der Waals surface area contributed by atoms with Gasteiger partial charge in [0.15, 0.2) is 6.61 Å². The van der Waals surface area contributed by atoms with Gasteiger partial charge in [-0.15, -0.1) is 0 Å². The van der Waals surface area contributed by atoms with Crippen LogP contribution in [-0.2, 0) is 11.3 Å². The van der Waals surface area contributed by atoms with Crippen LogP contribution < -0.4 is 10.1 Å². The minimum atomic E-state index is -0.425. The first-order valence-corrected chi connectivity index (χ1v) is 8.45. The van der Waals surface area contributed by atoms with E-state index in [1.165, 1.54) is 6.08 Å². The quantitative estimate of drug-likeness (QED) is 0.421. The van der Waals surface area contributed by atoms with E-state index in [9.17, 15) is 10.1 Å². The smallest absolute Gasteiger partial charge is 0.262 e. The number of hydrogen-bond donors (Lipinski definition) is 1. The summed E-state index contributed by atoms with van der Waals surface area (Å²) in [5, 5.41) is 20.5. The average molecular weight is 443 g/mol. The van der Waals surface area contributed by atoms with E-state index in [1.54, 1.807) is 18.2 Å². The Balaban J connectivity index is 2.08. The van der Waals surface area contributed by atoms with Crippen LogP contribution >= 0.6 is 22.6 Å². The molecule has 0 heterocycles. The fourth-order valence-electron chi connectivity index (χ4n) is 2.02. The molecule has 0 bridgehead atoms. The van der Waals surface area contributed by atoms with Crippen molar-refractivity contribution in [3.63, 3.8) is 0 Å². The lowest BCUT2D eigenvalue weighted by molar-refractivity contribution is -0.117. The molecule has 0 radical (unpaired) electrons. The largest absolute Gasteiger partial charge is 0.478 e. The molecule has 6 heteroatoms. The zero-order valence-corrected chi connectivity index (χ0v) is 15.4. The van der Waals surface area contributed by atoms with Gasteiger partial charge in [0.25, 0.3) is 5.91 Å². The lowest BCUT2D eigenvalue weighted by Gasteiger charge is -2.06.